The van der Waals surface area contributed by atoms with Gasteiger partial charge in [-0.1, -0.05) is 26.8 Å². The molecule has 168 valence electrons. The summed E-state index contributed by atoms with van der Waals surface area (Å²) < 4.78 is 11.6. The second-order valence-corrected chi connectivity index (χ2v) is 9.22. The average Bonchev–Trinajstić information content (AvgIpc) is 2.76. The van der Waals surface area contributed by atoms with Crippen LogP contribution in [0.2, 0.25) is 0 Å². The van der Waals surface area contributed by atoms with E-state index in [1.807, 2.05) is 12.3 Å². The highest BCUT2D eigenvalue weighted by molar-refractivity contribution is 5.79. The molecule has 0 aliphatic carbocycles. The Morgan fingerprint density at radius 2 is 2.03 bits per heavy atom. The zero-order valence-corrected chi connectivity index (χ0v) is 19.1. The molecule has 0 bridgehead atoms. The molecule has 2 saturated heterocycles. The van der Waals surface area contributed by atoms with Gasteiger partial charge in [0.15, 0.2) is 5.96 Å². The Morgan fingerprint density at radius 1 is 1.23 bits per heavy atom. The fourth-order valence-electron chi connectivity index (χ4n) is 4.36. The molecular formula is C23H39N5O2. The number of aliphatic imine (C=N–C) groups is 1. The van der Waals surface area contributed by atoms with Gasteiger partial charge in [0.2, 0.25) is 0 Å². The Morgan fingerprint density at radius 3 is 2.77 bits per heavy atom. The van der Waals surface area contributed by atoms with Crippen LogP contribution in [-0.2, 0) is 16.0 Å². The Kier molecular flexibility index (Phi) is 8.33. The van der Waals surface area contributed by atoms with Crippen LogP contribution < -0.4 is 15.5 Å². The van der Waals surface area contributed by atoms with Gasteiger partial charge in [0, 0.05) is 50.5 Å². The lowest BCUT2D eigenvalue weighted by molar-refractivity contribution is -0.0835. The molecule has 7 heteroatoms. The summed E-state index contributed by atoms with van der Waals surface area (Å²) >= 11 is 0. The zero-order chi connectivity index (χ0) is 21.4. The average molecular weight is 418 g/mol. The number of hydrogen-bond donors (Lipinski definition) is 2. The van der Waals surface area contributed by atoms with Crippen molar-refractivity contribution in [2.75, 3.05) is 50.9 Å². The number of pyridine rings is 1. The lowest BCUT2D eigenvalue weighted by Crippen LogP contribution is -2.47. The topological polar surface area (TPSA) is 71.0 Å². The number of guanidine groups is 1. The van der Waals surface area contributed by atoms with E-state index >= 15 is 0 Å². The molecule has 2 aliphatic heterocycles. The first-order valence-electron chi connectivity index (χ1n) is 11.4. The Labute approximate surface area is 181 Å². The smallest absolute Gasteiger partial charge is 0.191 e. The SMILES string of the molecule is CCNC(=NCc1cccnc1N1CCOCC1)NCC1CCCOC1C(C)(C)C. The minimum Gasteiger partial charge on any atom is -0.378 e. The van der Waals surface area contributed by atoms with Gasteiger partial charge in [-0.2, -0.15) is 0 Å². The van der Waals surface area contributed by atoms with Crippen molar-refractivity contribution in [1.82, 2.24) is 15.6 Å². The van der Waals surface area contributed by atoms with E-state index in [2.05, 4.69) is 54.3 Å². The summed E-state index contributed by atoms with van der Waals surface area (Å²) in [7, 11) is 0. The summed E-state index contributed by atoms with van der Waals surface area (Å²) in [6.45, 7) is 15.3. The number of rotatable bonds is 6. The van der Waals surface area contributed by atoms with Gasteiger partial charge in [0.1, 0.15) is 5.82 Å². The summed E-state index contributed by atoms with van der Waals surface area (Å²) in [4.78, 5) is 11.8. The first-order chi connectivity index (χ1) is 14.5. The van der Waals surface area contributed by atoms with E-state index in [4.69, 9.17) is 14.5 Å². The normalized spacial score (nSPS) is 23.3. The van der Waals surface area contributed by atoms with E-state index in [1.165, 1.54) is 6.42 Å². The summed E-state index contributed by atoms with van der Waals surface area (Å²) in [5, 5.41) is 6.96. The number of aromatic nitrogens is 1. The largest absolute Gasteiger partial charge is 0.378 e. The fourth-order valence-corrected chi connectivity index (χ4v) is 4.36. The minimum absolute atomic E-state index is 0.144. The monoisotopic (exact) mass is 417 g/mol. The first kappa shape index (κ1) is 22.8. The number of nitrogens with zero attached hydrogens (tertiary/aromatic N) is 3. The highest BCUT2D eigenvalue weighted by atomic mass is 16.5. The van der Waals surface area contributed by atoms with Crippen LogP contribution in [0.5, 0.6) is 0 Å². The number of ether oxygens (including phenoxy) is 2. The highest BCUT2D eigenvalue weighted by Gasteiger charge is 2.35. The van der Waals surface area contributed by atoms with E-state index < -0.39 is 0 Å². The van der Waals surface area contributed by atoms with Crippen LogP contribution in [0.25, 0.3) is 0 Å². The Balaban J connectivity index is 1.65. The van der Waals surface area contributed by atoms with E-state index in [9.17, 15) is 0 Å². The van der Waals surface area contributed by atoms with Gasteiger partial charge < -0.3 is 25.0 Å². The third kappa shape index (κ3) is 6.32. The number of morpholine rings is 1. The van der Waals surface area contributed by atoms with Crippen molar-refractivity contribution in [2.45, 2.75) is 53.2 Å². The van der Waals surface area contributed by atoms with E-state index in [-0.39, 0.29) is 11.5 Å². The predicted octanol–water partition coefficient (Wildman–Crippen LogP) is 2.81. The van der Waals surface area contributed by atoms with Gasteiger partial charge in [-0.15, -0.1) is 0 Å². The Bertz CT molecular complexity index is 682. The van der Waals surface area contributed by atoms with Crippen molar-refractivity contribution in [3.8, 4) is 0 Å². The zero-order valence-electron chi connectivity index (χ0n) is 19.1. The van der Waals surface area contributed by atoms with Gasteiger partial charge in [-0.25, -0.2) is 9.98 Å². The fraction of sp³-hybridized carbons (Fsp3) is 0.739. The molecule has 1 aromatic rings. The molecule has 2 unspecified atom stereocenters. The quantitative estimate of drug-likeness (QED) is 0.548. The van der Waals surface area contributed by atoms with Crippen molar-refractivity contribution in [3.05, 3.63) is 23.9 Å². The number of hydrogen-bond acceptors (Lipinski definition) is 5. The van der Waals surface area contributed by atoms with Gasteiger partial charge in [0.05, 0.1) is 25.9 Å². The van der Waals surface area contributed by atoms with Gasteiger partial charge in [-0.3, -0.25) is 0 Å². The molecule has 0 spiro atoms. The molecule has 1 aromatic heterocycles. The molecule has 2 N–H and O–H groups in total. The maximum atomic E-state index is 6.14. The van der Waals surface area contributed by atoms with Crippen LogP contribution in [0.3, 0.4) is 0 Å². The molecule has 0 amide bonds. The second kappa shape index (κ2) is 11.0. The molecule has 0 radical (unpaired) electrons. The summed E-state index contributed by atoms with van der Waals surface area (Å²) in [6, 6.07) is 4.11. The van der Waals surface area contributed by atoms with Crippen LogP contribution in [0.1, 0.15) is 46.1 Å². The summed E-state index contributed by atoms with van der Waals surface area (Å²) in [5.74, 6) is 2.37. The second-order valence-electron chi connectivity index (χ2n) is 9.22. The molecule has 7 nitrogen and oxygen atoms in total. The molecule has 2 fully saturated rings. The summed E-state index contributed by atoms with van der Waals surface area (Å²) in [5.41, 5.74) is 1.29. The standard InChI is InChI=1S/C23H39N5O2/c1-5-24-22(26-16-18-9-7-13-30-20(18)23(2,3)4)27-17-19-8-6-10-25-21(19)28-11-14-29-15-12-28/h6,8,10,18,20H,5,7,9,11-17H2,1-4H3,(H2,24,26,27). The maximum Gasteiger partial charge on any atom is 0.191 e. The van der Waals surface area contributed by atoms with Crippen molar-refractivity contribution in [3.63, 3.8) is 0 Å². The Hall–Kier alpha value is -1.86. The van der Waals surface area contributed by atoms with Crippen molar-refractivity contribution >= 4 is 11.8 Å². The highest BCUT2D eigenvalue weighted by Crippen LogP contribution is 2.33. The molecule has 0 aromatic carbocycles. The third-order valence-corrected chi connectivity index (χ3v) is 5.76. The minimum atomic E-state index is 0.144. The van der Waals surface area contributed by atoms with Crippen LogP contribution in [0.4, 0.5) is 5.82 Å². The van der Waals surface area contributed by atoms with Crippen LogP contribution in [-0.4, -0.2) is 63.0 Å². The molecule has 3 rings (SSSR count). The van der Waals surface area contributed by atoms with Crippen molar-refractivity contribution in [1.29, 1.82) is 0 Å². The van der Waals surface area contributed by atoms with E-state index in [0.717, 1.165) is 69.8 Å². The van der Waals surface area contributed by atoms with Gasteiger partial charge in [0.25, 0.3) is 0 Å². The molecular weight excluding hydrogens is 378 g/mol. The predicted molar refractivity (Wildman–Crippen MR) is 122 cm³/mol. The number of anilines is 1. The van der Waals surface area contributed by atoms with Crippen LogP contribution in [0.15, 0.2) is 23.3 Å². The first-order valence-corrected chi connectivity index (χ1v) is 11.4. The molecule has 0 saturated carbocycles. The third-order valence-electron chi connectivity index (χ3n) is 5.76. The molecule has 2 atom stereocenters. The lowest BCUT2D eigenvalue weighted by atomic mass is 9.78. The molecule has 2 aliphatic rings. The lowest BCUT2D eigenvalue weighted by Gasteiger charge is -2.40. The van der Waals surface area contributed by atoms with E-state index in [0.29, 0.717) is 12.5 Å². The molecule has 30 heavy (non-hydrogen) atoms. The van der Waals surface area contributed by atoms with Gasteiger partial charge >= 0.3 is 0 Å². The van der Waals surface area contributed by atoms with Crippen molar-refractivity contribution in [2.24, 2.45) is 16.3 Å². The van der Waals surface area contributed by atoms with Crippen molar-refractivity contribution < 1.29 is 9.47 Å². The van der Waals surface area contributed by atoms with Crippen LogP contribution in [0, 0.1) is 11.3 Å². The maximum absolute atomic E-state index is 6.14. The van der Waals surface area contributed by atoms with E-state index in [1.54, 1.807) is 0 Å². The molecule has 3 heterocycles. The van der Waals surface area contributed by atoms with Crippen LogP contribution >= 0.6 is 0 Å². The van der Waals surface area contributed by atoms with Gasteiger partial charge in [-0.05, 0) is 31.2 Å². The number of nitrogens with one attached hydrogen (secondary N) is 2. The summed E-state index contributed by atoms with van der Waals surface area (Å²) in [6.07, 6.45) is 4.45.